The van der Waals surface area contributed by atoms with E-state index in [0.717, 1.165) is 11.1 Å². The summed E-state index contributed by atoms with van der Waals surface area (Å²) >= 11 is 1.32. The van der Waals surface area contributed by atoms with Crippen molar-refractivity contribution >= 4 is 33.0 Å². The molecule has 0 spiro atoms. The number of aryl methyl sites for hydroxylation is 1. The zero-order valence-corrected chi connectivity index (χ0v) is 12.6. The van der Waals surface area contributed by atoms with Gasteiger partial charge in [0.25, 0.3) is 5.91 Å². The molecule has 106 valence electrons. The molecule has 1 heterocycles. The Kier molecular flexibility index (Phi) is 3.94. The highest BCUT2D eigenvalue weighted by Gasteiger charge is 2.15. The predicted octanol–water partition coefficient (Wildman–Crippen LogP) is 2.26. The van der Waals surface area contributed by atoms with Gasteiger partial charge in [0.15, 0.2) is 0 Å². The predicted molar refractivity (Wildman–Crippen MR) is 79.6 cm³/mol. The number of carbonyl (C=O) groups is 1. The molecule has 0 bridgehead atoms. The van der Waals surface area contributed by atoms with E-state index < -0.39 is 10.0 Å². The number of hydrogen-bond acceptors (Lipinski definition) is 4. The van der Waals surface area contributed by atoms with Crippen molar-refractivity contribution in [3.8, 4) is 0 Å². The lowest BCUT2D eigenvalue weighted by Crippen LogP contribution is -2.15. The zero-order chi connectivity index (χ0) is 14.9. The largest absolute Gasteiger partial charge is 0.321 e. The van der Waals surface area contributed by atoms with Crippen LogP contribution in [0, 0.1) is 13.8 Å². The van der Waals surface area contributed by atoms with Crippen molar-refractivity contribution in [3.05, 3.63) is 45.6 Å². The first-order valence-corrected chi connectivity index (χ1v) is 8.20. The number of rotatable bonds is 3. The van der Waals surface area contributed by atoms with Crippen LogP contribution in [-0.4, -0.2) is 14.3 Å². The minimum absolute atomic E-state index is 0.0120. The number of hydrogen-bond donors (Lipinski definition) is 2. The number of nitrogens with one attached hydrogen (secondary N) is 1. The molecule has 3 N–H and O–H groups in total. The smallest absolute Gasteiger partial charge is 0.265 e. The molecule has 0 atom stereocenters. The number of benzene rings is 1. The standard InChI is InChI=1S/C13H14N2O3S2/c1-8-6-10(20(14,17)18)7-11(9(8)2)15-13(16)12-4-3-5-19-12/h3-7H,1-2H3,(H,15,16)(H2,14,17,18). The van der Waals surface area contributed by atoms with Gasteiger partial charge in [-0.25, -0.2) is 13.6 Å². The minimum Gasteiger partial charge on any atom is -0.321 e. The average Bonchev–Trinajstić information content (AvgIpc) is 2.87. The van der Waals surface area contributed by atoms with Crippen molar-refractivity contribution in [2.24, 2.45) is 5.14 Å². The molecular weight excluding hydrogens is 296 g/mol. The molecule has 0 aliphatic carbocycles. The lowest BCUT2D eigenvalue weighted by Gasteiger charge is -2.12. The Morgan fingerprint density at radius 3 is 2.55 bits per heavy atom. The summed E-state index contributed by atoms with van der Waals surface area (Å²) in [6.07, 6.45) is 0. The Morgan fingerprint density at radius 2 is 2.00 bits per heavy atom. The Labute approximate surface area is 121 Å². The van der Waals surface area contributed by atoms with Gasteiger partial charge in [-0.1, -0.05) is 6.07 Å². The Balaban J connectivity index is 2.41. The van der Waals surface area contributed by atoms with Gasteiger partial charge >= 0.3 is 0 Å². The summed E-state index contributed by atoms with van der Waals surface area (Å²) in [5.41, 5.74) is 2.01. The van der Waals surface area contributed by atoms with Gasteiger partial charge in [-0.3, -0.25) is 4.79 Å². The van der Waals surface area contributed by atoms with Gasteiger partial charge in [0.05, 0.1) is 9.77 Å². The maximum absolute atomic E-state index is 12.0. The van der Waals surface area contributed by atoms with Crippen LogP contribution in [0.5, 0.6) is 0 Å². The van der Waals surface area contributed by atoms with E-state index >= 15 is 0 Å². The van der Waals surface area contributed by atoms with Gasteiger partial charge in [0.2, 0.25) is 10.0 Å². The summed E-state index contributed by atoms with van der Waals surface area (Å²) < 4.78 is 22.9. The minimum atomic E-state index is -3.80. The summed E-state index contributed by atoms with van der Waals surface area (Å²) in [5.74, 6) is -0.269. The molecule has 0 radical (unpaired) electrons. The van der Waals surface area contributed by atoms with E-state index in [9.17, 15) is 13.2 Å². The summed E-state index contributed by atoms with van der Waals surface area (Å²) in [4.78, 5) is 12.6. The van der Waals surface area contributed by atoms with E-state index in [2.05, 4.69) is 5.32 Å². The molecule has 5 nitrogen and oxygen atoms in total. The van der Waals surface area contributed by atoms with Crippen LogP contribution in [0.4, 0.5) is 5.69 Å². The van der Waals surface area contributed by atoms with Crippen molar-refractivity contribution in [1.29, 1.82) is 0 Å². The molecule has 7 heteroatoms. The Morgan fingerprint density at radius 1 is 1.30 bits per heavy atom. The Bertz CT molecular complexity index is 750. The summed E-state index contributed by atoms with van der Waals surface area (Å²) in [6, 6.07) is 6.35. The number of thiophene rings is 1. The van der Waals surface area contributed by atoms with Crippen molar-refractivity contribution in [2.75, 3.05) is 5.32 Å². The van der Waals surface area contributed by atoms with E-state index in [1.54, 1.807) is 24.4 Å². The van der Waals surface area contributed by atoms with Crippen LogP contribution in [0.1, 0.15) is 20.8 Å². The highest BCUT2D eigenvalue weighted by Crippen LogP contribution is 2.24. The topological polar surface area (TPSA) is 89.3 Å². The number of primary sulfonamides is 1. The van der Waals surface area contributed by atoms with Gasteiger partial charge in [0.1, 0.15) is 0 Å². The second kappa shape index (κ2) is 5.35. The van der Waals surface area contributed by atoms with Gasteiger partial charge in [-0.05, 0) is 48.6 Å². The van der Waals surface area contributed by atoms with Crippen LogP contribution >= 0.6 is 11.3 Å². The van der Waals surface area contributed by atoms with Crippen molar-refractivity contribution in [2.45, 2.75) is 18.7 Å². The molecule has 20 heavy (non-hydrogen) atoms. The van der Waals surface area contributed by atoms with Crippen molar-refractivity contribution in [1.82, 2.24) is 0 Å². The number of amides is 1. The van der Waals surface area contributed by atoms with Crippen LogP contribution in [0.3, 0.4) is 0 Å². The number of anilines is 1. The van der Waals surface area contributed by atoms with E-state index in [4.69, 9.17) is 5.14 Å². The van der Waals surface area contributed by atoms with Crippen molar-refractivity contribution in [3.63, 3.8) is 0 Å². The lowest BCUT2D eigenvalue weighted by molar-refractivity contribution is 0.103. The molecule has 1 aromatic heterocycles. The Hall–Kier alpha value is -1.70. The van der Waals surface area contributed by atoms with Crippen LogP contribution in [-0.2, 0) is 10.0 Å². The molecule has 1 amide bonds. The first-order chi connectivity index (χ1) is 9.29. The number of nitrogens with two attached hydrogens (primary N) is 1. The maximum Gasteiger partial charge on any atom is 0.265 e. The quantitative estimate of drug-likeness (QED) is 0.911. The van der Waals surface area contributed by atoms with E-state index in [-0.39, 0.29) is 10.8 Å². The van der Waals surface area contributed by atoms with E-state index in [0.29, 0.717) is 10.6 Å². The molecule has 0 saturated carbocycles. The fourth-order valence-corrected chi connectivity index (χ4v) is 2.95. The molecule has 0 aliphatic rings. The van der Waals surface area contributed by atoms with E-state index in [1.807, 2.05) is 6.92 Å². The second-order valence-corrected chi connectivity index (χ2v) is 6.90. The SMILES string of the molecule is Cc1cc(S(N)(=O)=O)cc(NC(=O)c2cccs2)c1C. The molecule has 1 aromatic carbocycles. The lowest BCUT2D eigenvalue weighted by atomic mass is 10.1. The second-order valence-electron chi connectivity index (χ2n) is 4.39. The summed E-state index contributed by atoms with van der Waals surface area (Å²) in [7, 11) is -3.80. The van der Waals surface area contributed by atoms with Gasteiger partial charge in [0, 0.05) is 5.69 Å². The molecule has 0 unspecified atom stereocenters. The monoisotopic (exact) mass is 310 g/mol. The highest BCUT2D eigenvalue weighted by molar-refractivity contribution is 7.89. The zero-order valence-electron chi connectivity index (χ0n) is 11.0. The molecule has 0 aliphatic heterocycles. The third-order valence-electron chi connectivity index (χ3n) is 2.96. The first-order valence-electron chi connectivity index (χ1n) is 5.78. The number of carbonyl (C=O) groups excluding carboxylic acids is 1. The number of sulfonamides is 1. The highest BCUT2D eigenvalue weighted by atomic mass is 32.2. The summed E-state index contributed by atoms with van der Waals surface area (Å²) in [6.45, 7) is 3.58. The van der Waals surface area contributed by atoms with Crippen LogP contribution < -0.4 is 10.5 Å². The molecule has 2 aromatic rings. The van der Waals surface area contributed by atoms with Gasteiger partial charge in [-0.15, -0.1) is 11.3 Å². The molecule has 0 fully saturated rings. The fourth-order valence-electron chi connectivity index (χ4n) is 1.71. The summed E-state index contributed by atoms with van der Waals surface area (Å²) in [5, 5.41) is 9.65. The van der Waals surface area contributed by atoms with Crippen LogP contribution in [0.15, 0.2) is 34.5 Å². The molecule has 2 rings (SSSR count). The van der Waals surface area contributed by atoms with Crippen LogP contribution in [0.25, 0.3) is 0 Å². The molecular formula is C13H14N2O3S2. The first kappa shape index (κ1) is 14.7. The fraction of sp³-hybridized carbons (Fsp3) is 0.154. The third kappa shape index (κ3) is 3.06. The van der Waals surface area contributed by atoms with Gasteiger partial charge in [-0.2, -0.15) is 0 Å². The van der Waals surface area contributed by atoms with Crippen molar-refractivity contribution < 1.29 is 13.2 Å². The maximum atomic E-state index is 12.0. The molecule has 0 saturated heterocycles. The van der Waals surface area contributed by atoms with Gasteiger partial charge < -0.3 is 5.32 Å². The third-order valence-corrected chi connectivity index (χ3v) is 4.72. The van der Waals surface area contributed by atoms with Crippen LogP contribution in [0.2, 0.25) is 0 Å². The van der Waals surface area contributed by atoms with E-state index in [1.165, 1.54) is 23.5 Å². The average molecular weight is 310 g/mol. The normalized spacial score (nSPS) is 11.3.